The van der Waals surface area contributed by atoms with E-state index in [0.29, 0.717) is 0 Å². The van der Waals surface area contributed by atoms with Crippen LogP contribution < -0.4 is 5.19 Å². The van der Waals surface area contributed by atoms with Crippen molar-refractivity contribution in [1.82, 2.24) is 4.57 Å². The predicted octanol–water partition coefficient (Wildman–Crippen LogP) is 11.9. The van der Waals surface area contributed by atoms with Crippen LogP contribution in [0.4, 0.5) is 0 Å². The number of benzene rings is 5. The van der Waals surface area contributed by atoms with E-state index in [1.54, 1.807) is 0 Å². The Morgan fingerprint density at radius 1 is 0.523 bits per heavy atom. The largest absolute Gasteiger partial charge is 0.309 e. The van der Waals surface area contributed by atoms with Crippen molar-refractivity contribution in [3.05, 3.63) is 119 Å². The molecular weight excluding hydrogens is 570 g/mol. The third kappa shape index (κ3) is 5.55. The van der Waals surface area contributed by atoms with Crippen molar-refractivity contribution in [3.63, 3.8) is 0 Å². The number of nitrogens with zero attached hydrogens (tertiary/aromatic N) is 1. The Morgan fingerprint density at radius 3 is 1.32 bits per heavy atom. The van der Waals surface area contributed by atoms with Gasteiger partial charge >= 0.3 is 0 Å². The van der Waals surface area contributed by atoms with Crippen LogP contribution in [0.3, 0.4) is 0 Å². The van der Waals surface area contributed by atoms with Gasteiger partial charge in [-0.25, -0.2) is 0 Å². The Morgan fingerprint density at radius 2 is 0.932 bits per heavy atom. The second kappa shape index (κ2) is 10.8. The molecule has 1 heterocycles. The lowest BCUT2D eigenvalue weighted by Gasteiger charge is -2.24. The molecular formula is C41H44ClNSi. The topological polar surface area (TPSA) is 4.93 Å². The Labute approximate surface area is 269 Å². The maximum absolute atomic E-state index is 6.95. The molecule has 0 aliphatic rings. The molecule has 0 aliphatic heterocycles. The normalized spacial score (nSPS) is 12.8. The molecule has 44 heavy (non-hydrogen) atoms. The smallest absolute Gasteiger partial charge is 0.0823 e. The SMILES string of the molecule is CC(C)(C)c1ccc(-c2ccc3c(c2)c2cc(-c4ccc(C(C)(C)C)cc4)ccc2n3-c2cccc(Cl)c2[Si](C)(C)C)cc1. The fourth-order valence-corrected chi connectivity index (χ4v) is 9.19. The first-order valence-corrected chi connectivity index (χ1v) is 19.6. The van der Waals surface area contributed by atoms with E-state index < -0.39 is 8.07 Å². The van der Waals surface area contributed by atoms with Gasteiger partial charge in [0.15, 0.2) is 0 Å². The van der Waals surface area contributed by atoms with Crippen molar-refractivity contribution in [3.8, 4) is 27.9 Å². The van der Waals surface area contributed by atoms with Gasteiger partial charge in [0.25, 0.3) is 0 Å². The summed E-state index contributed by atoms with van der Waals surface area (Å²) in [6, 6.07) is 38.5. The van der Waals surface area contributed by atoms with Crippen molar-refractivity contribution in [2.75, 3.05) is 0 Å². The minimum absolute atomic E-state index is 0.127. The molecule has 3 heteroatoms. The molecule has 0 amide bonds. The van der Waals surface area contributed by atoms with Gasteiger partial charge < -0.3 is 4.57 Å². The Hall–Kier alpha value is -3.59. The Bertz CT molecular complexity index is 1880. The first-order chi connectivity index (χ1) is 20.6. The highest BCUT2D eigenvalue weighted by Crippen LogP contribution is 2.38. The third-order valence-corrected chi connectivity index (χ3v) is 11.4. The zero-order chi connectivity index (χ0) is 31.6. The number of hydrogen-bond donors (Lipinski definition) is 0. The van der Waals surface area contributed by atoms with E-state index in [1.165, 1.54) is 66.1 Å². The number of hydrogen-bond acceptors (Lipinski definition) is 0. The van der Waals surface area contributed by atoms with E-state index in [1.807, 2.05) is 6.07 Å². The predicted molar refractivity (Wildman–Crippen MR) is 197 cm³/mol. The quantitative estimate of drug-likeness (QED) is 0.174. The molecule has 6 aromatic rings. The average molecular weight is 614 g/mol. The average Bonchev–Trinajstić information content (AvgIpc) is 3.28. The van der Waals surface area contributed by atoms with E-state index >= 15 is 0 Å². The van der Waals surface area contributed by atoms with E-state index in [2.05, 4.69) is 163 Å². The lowest BCUT2D eigenvalue weighted by Crippen LogP contribution is -2.41. The van der Waals surface area contributed by atoms with E-state index in [0.717, 1.165) is 5.02 Å². The van der Waals surface area contributed by atoms with Gasteiger partial charge in [-0.2, -0.15) is 0 Å². The van der Waals surface area contributed by atoms with E-state index in [4.69, 9.17) is 11.6 Å². The van der Waals surface area contributed by atoms with Crippen molar-refractivity contribution in [2.24, 2.45) is 0 Å². The molecule has 0 spiro atoms. The van der Waals surface area contributed by atoms with Gasteiger partial charge in [0, 0.05) is 21.5 Å². The first-order valence-electron chi connectivity index (χ1n) is 15.7. The molecule has 0 N–H and O–H groups in total. The van der Waals surface area contributed by atoms with Gasteiger partial charge in [0.05, 0.1) is 19.1 Å². The van der Waals surface area contributed by atoms with Gasteiger partial charge in [-0.3, -0.25) is 0 Å². The lowest BCUT2D eigenvalue weighted by atomic mass is 9.86. The van der Waals surface area contributed by atoms with Gasteiger partial charge in [-0.1, -0.05) is 140 Å². The van der Waals surface area contributed by atoms with Crippen LogP contribution in [0.2, 0.25) is 24.7 Å². The summed E-state index contributed by atoms with van der Waals surface area (Å²) < 4.78 is 2.45. The molecule has 0 bridgehead atoms. The van der Waals surface area contributed by atoms with Crippen molar-refractivity contribution >= 4 is 46.7 Å². The zero-order valence-electron chi connectivity index (χ0n) is 27.6. The lowest BCUT2D eigenvalue weighted by molar-refractivity contribution is 0.590. The summed E-state index contributed by atoms with van der Waals surface area (Å²) in [7, 11) is -1.78. The van der Waals surface area contributed by atoms with Gasteiger partial charge in [0.2, 0.25) is 0 Å². The van der Waals surface area contributed by atoms with Crippen LogP contribution in [-0.4, -0.2) is 12.6 Å². The highest BCUT2D eigenvalue weighted by atomic mass is 35.5. The van der Waals surface area contributed by atoms with Crippen LogP contribution in [0.5, 0.6) is 0 Å². The first kappa shape index (κ1) is 30.4. The Balaban J connectivity index is 1.61. The van der Waals surface area contributed by atoms with Crippen LogP contribution >= 0.6 is 11.6 Å². The fourth-order valence-electron chi connectivity index (χ4n) is 6.41. The summed E-state index contributed by atoms with van der Waals surface area (Å²) in [4.78, 5) is 0. The van der Waals surface area contributed by atoms with Crippen molar-refractivity contribution in [2.45, 2.75) is 72.0 Å². The number of aromatic nitrogens is 1. The molecule has 1 aromatic heterocycles. The van der Waals surface area contributed by atoms with Gasteiger partial charge in [0.1, 0.15) is 0 Å². The number of rotatable bonds is 4. The van der Waals surface area contributed by atoms with Crippen LogP contribution in [0, 0.1) is 0 Å². The zero-order valence-corrected chi connectivity index (χ0v) is 29.4. The molecule has 0 fully saturated rings. The maximum Gasteiger partial charge on any atom is 0.0823 e. The summed E-state index contributed by atoms with van der Waals surface area (Å²) in [5.41, 5.74) is 11.5. The molecule has 0 radical (unpaired) electrons. The highest BCUT2D eigenvalue weighted by Gasteiger charge is 2.26. The van der Waals surface area contributed by atoms with Gasteiger partial charge in [-0.05, 0) is 85.8 Å². The summed E-state index contributed by atoms with van der Waals surface area (Å²) in [5, 5.41) is 4.67. The molecule has 1 nitrogen and oxygen atoms in total. The minimum atomic E-state index is -1.78. The molecule has 5 aromatic carbocycles. The molecule has 6 rings (SSSR count). The standard InChI is InChI=1S/C41H44ClNSi/c1-40(2,3)31-19-13-27(14-20-31)29-17-23-36-33(25-29)34-26-30(28-15-21-32(22-16-28)41(4,5)6)18-24-37(34)43(36)38-12-10-11-35(42)39(38)44(7,8)9/h10-26H,1-9H3. The van der Waals surface area contributed by atoms with E-state index in [-0.39, 0.29) is 10.8 Å². The van der Waals surface area contributed by atoms with Crippen LogP contribution in [0.15, 0.2) is 103 Å². The molecule has 0 saturated heterocycles. The molecule has 0 saturated carbocycles. The fraction of sp³-hybridized carbons (Fsp3) is 0.268. The van der Waals surface area contributed by atoms with Crippen molar-refractivity contribution in [1.29, 1.82) is 0 Å². The Kier molecular flexibility index (Phi) is 7.46. The van der Waals surface area contributed by atoms with Crippen molar-refractivity contribution < 1.29 is 0 Å². The second-order valence-electron chi connectivity index (χ2n) is 15.3. The van der Waals surface area contributed by atoms with Gasteiger partial charge in [-0.15, -0.1) is 0 Å². The van der Waals surface area contributed by atoms with Crippen LogP contribution in [-0.2, 0) is 10.8 Å². The monoisotopic (exact) mass is 613 g/mol. The second-order valence-corrected chi connectivity index (χ2v) is 20.7. The van der Waals surface area contributed by atoms with Crippen LogP contribution in [0.25, 0.3) is 49.7 Å². The minimum Gasteiger partial charge on any atom is -0.309 e. The maximum atomic E-state index is 6.95. The number of halogens is 1. The molecule has 0 aliphatic carbocycles. The summed E-state index contributed by atoms with van der Waals surface area (Å²) >= 11 is 6.95. The number of fused-ring (bicyclic) bond motifs is 3. The van der Waals surface area contributed by atoms with Crippen LogP contribution in [0.1, 0.15) is 52.7 Å². The third-order valence-electron chi connectivity index (χ3n) is 8.92. The molecule has 224 valence electrons. The molecule has 0 unspecified atom stereocenters. The molecule has 0 atom stereocenters. The highest BCUT2D eigenvalue weighted by molar-refractivity contribution is 6.91. The summed E-state index contributed by atoms with van der Waals surface area (Å²) in [6.45, 7) is 20.7. The summed E-state index contributed by atoms with van der Waals surface area (Å²) in [6.07, 6.45) is 0. The summed E-state index contributed by atoms with van der Waals surface area (Å²) in [5.74, 6) is 0. The van der Waals surface area contributed by atoms with E-state index in [9.17, 15) is 0 Å².